The highest BCUT2D eigenvalue weighted by atomic mass is 79.9. The van der Waals surface area contributed by atoms with Crippen molar-refractivity contribution < 1.29 is 0 Å². The third-order valence-electron chi connectivity index (χ3n) is 2.32. The quantitative estimate of drug-likeness (QED) is 0.872. The molecule has 1 nitrogen and oxygen atoms in total. The van der Waals surface area contributed by atoms with Gasteiger partial charge in [-0.15, -0.1) is 11.3 Å². The Morgan fingerprint density at radius 3 is 2.47 bits per heavy atom. The van der Waals surface area contributed by atoms with Crippen LogP contribution in [0.4, 0.5) is 5.00 Å². The molecule has 0 bridgehead atoms. The summed E-state index contributed by atoms with van der Waals surface area (Å²) in [5.41, 5.74) is 8.34. The summed E-state index contributed by atoms with van der Waals surface area (Å²) in [4.78, 5) is 1.34. The molecule has 3 heteroatoms. The molecule has 0 aliphatic rings. The van der Waals surface area contributed by atoms with Gasteiger partial charge in [0.2, 0.25) is 0 Å². The Labute approximate surface area is 102 Å². The summed E-state index contributed by atoms with van der Waals surface area (Å²) in [5.74, 6) is 0. The molecule has 78 valence electrons. The smallest absolute Gasteiger partial charge is 0.0938 e. The SMILES string of the molecule is CCc1cc(-c2ccc(Br)cc2)c(N)s1. The van der Waals surface area contributed by atoms with E-state index in [-0.39, 0.29) is 0 Å². The van der Waals surface area contributed by atoms with Crippen molar-refractivity contribution in [1.82, 2.24) is 0 Å². The highest BCUT2D eigenvalue weighted by molar-refractivity contribution is 9.10. The molecule has 0 amide bonds. The zero-order valence-electron chi connectivity index (χ0n) is 8.46. The largest absolute Gasteiger partial charge is 0.390 e. The Morgan fingerprint density at radius 1 is 1.27 bits per heavy atom. The van der Waals surface area contributed by atoms with Gasteiger partial charge in [-0.2, -0.15) is 0 Å². The standard InChI is InChI=1S/C12H12BrNS/c1-2-10-7-11(12(14)15-10)8-3-5-9(13)6-4-8/h3-7H,2,14H2,1H3. The number of nitrogen functional groups attached to an aromatic ring is 1. The van der Waals surface area contributed by atoms with Crippen LogP contribution in [0.1, 0.15) is 11.8 Å². The molecule has 0 aliphatic heterocycles. The molecule has 0 aliphatic carbocycles. The molecule has 0 radical (unpaired) electrons. The molecule has 0 saturated carbocycles. The molecule has 1 heterocycles. The maximum atomic E-state index is 5.99. The Bertz CT molecular complexity index is 459. The van der Waals surface area contributed by atoms with Gasteiger partial charge in [0.1, 0.15) is 0 Å². The minimum Gasteiger partial charge on any atom is -0.390 e. The molecule has 0 fully saturated rings. The molecule has 2 aromatic rings. The summed E-state index contributed by atoms with van der Waals surface area (Å²) in [6.07, 6.45) is 1.05. The average molecular weight is 282 g/mol. The van der Waals surface area contributed by atoms with Crippen molar-refractivity contribution in [2.45, 2.75) is 13.3 Å². The van der Waals surface area contributed by atoms with Crippen LogP contribution in [0.3, 0.4) is 0 Å². The van der Waals surface area contributed by atoms with E-state index in [1.165, 1.54) is 10.4 Å². The maximum Gasteiger partial charge on any atom is 0.0938 e. The number of hydrogen-bond acceptors (Lipinski definition) is 2. The van der Waals surface area contributed by atoms with Gasteiger partial charge in [0, 0.05) is 14.9 Å². The normalized spacial score (nSPS) is 10.5. The van der Waals surface area contributed by atoms with Gasteiger partial charge in [0.25, 0.3) is 0 Å². The molecular weight excluding hydrogens is 270 g/mol. The van der Waals surface area contributed by atoms with Crippen LogP contribution in [0.25, 0.3) is 11.1 Å². The summed E-state index contributed by atoms with van der Waals surface area (Å²) >= 11 is 5.11. The van der Waals surface area contributed by atoms with Crippen LogP contribution in [0.15, 0.2) is 34.8 Å². The first-order valence-corrected chi connectivity index (χ1v) is 6.45. The topological polar surface area (TPSA) is 26.0 Å². The lowest BCUT2D eigenvalue weighted by Crippen LogP contribution is -1.82. The maximum absolute atomic E-state index is 5.99. The van der Waals surface area contributed by atoms with Crippen molar-refractivity contribution in [1.29, 1.82) is 0 Å². The van der Waals surface area contributed by atoms with Crippen molar-refractivity contribution in [2.75, 3.05) is 5.73 Å². The van der Waals surface area contributed by atoms with Gasteiger partial charge in [-0.1, -0.05) is 35.0 Å². The molecular formula is C12H12BrNS. The van der Waals surface area contributed by atoms with Crippen molar-refractivity contribution in [3.05, 3.63) is 39.7 Å². The van der Waals surface area contributed by atoms with Crippen LogP contribution >= 0.6 is 27.3 Å². The molecule has 1 aromatic carbocycles. The van der Waals surface area contributed by atoms with E-state index < -0.39 is 0 Å². The van der Waals surface area contributed by atoms with Gasteiger partial charge < -0.3 is 5.73 Å². The Hall–Kier alpha value is -0.800. The van der Waals surface area contributed by atoms with E-state index >= 15 is 0 Å². The van der Waals surface area contributed by atoms with Crippen LogP contribution in [-0.4, -0.2) is 0 Å². The van der Waals surface area contributed by atoms with E-state index in [1.807, 2.05) is 12.1 Å². The average Bonchev–Trinajstić information content (AvgIpc) is 2.61. The molecule has 0 saturated heterocycles. The Balaban J connectivity index is 2.44. The zero-order chi connectivity index (χ0) is 10.8. The predicted molar refractivity (Wildman–Crippen MR) is 71.2 cm³/mol. The van der Waals surface area contributed by atoms with Crippen LogP contribution < -0.4 is 5.73 Å². The summed E-state index contributed by atoms with van der Waals surface area (Å²) in [7, 11) is 0. The first-order valence-electron chi connectivity index (χ1n) is 4.85. The molecule has 0 spiro atoms. The van der Waals surface area contributed by atoms with Gasteiger partial charge in [-0.05, 0) is 30.2 Å². The minimum absolute atomic E-state index is 0.911. The number of halogens is 1. The number of benzene rings is 1. The Morgan fingerprint density at radius 2 is 1.93 bits per heavy atom. The first kappa shape index (κ1) is 10.7. The summed E-state index contributed by atoms with van der Waals surface area (Å²) in [5, 5.41) is 0.911. The number of rotatable bonds is 2. The predicted octanol–water partition coefficient (Wildman–Crippen LogP) is 4.32. The fourth-order valence-corrected chi connectivity index (χ4v) is 2.64. The zero-order valence-corrected chi connectivity index (χ0v) is 10.9. The molecule has 0 unspecified atom stereocenters. The molecule has 0 atom stereocenters. The third kappa shape index (κ3) is 2.24. The lowest BCUT2D eigenvalue weighted by molar-refractivity contribution is 1.19. The van der Waals surface area contributed by atoms with Gasteiger partial charge in [0.15, 0.2) is 0 Å². The van der Waals surface area contributed by atoms with E-state index in [0.717, 1.165) is 21.5 Å². The molecule has 1 aromatic heterocycles. The van der Waals surface area contributed by atoms with Gasteiger partial charge in [-0.25, -0.2) is 0 Å². The monoisotopic (exact) mass is 281 g/mol. The number of thiophene rings is 1. The highest BCUT2D eigenvalue weighted by Gasteiger charge is 2.06. The Kier molecular flexibility index (Phi) is 3.12. The number of anilines is 1. The lowest BCUT2D eigenvalue weighted by atomic mass is 10.1. The van der Waals surface area contributed by atoms with Gasteiger partial charge >= 0.3 is 0 Å². The number of hydrogen-bond donors (Lipinski definition) is 1. The van der Waals surface area contributed by atoms with Crippen LogP contribution in [-0.2, 0) is 6.42 Å². The first-order chi connectivity index (χ1) is 7.20. The van der Waals surface area contributed by atoms with Gasteiger partial charge in [0.05, 0.1) is 5.00 Å². The fourth-order valence-electron chi connectivity index (χ4n) is 1.49. The highest BCUT2D eigenvalue weighted by Crippen LogP contribution is 2.34. The minimum atomic E-state index is 0.911. The van der Waals surface area contributed by atoms with Crippen molar-refractivity contribution in [3.8, 4) is 11.1 Å². The van der Waals surface area contributed by atoms with E-state index in [0.29, 0.717) is 0 Å². The van der Waals surface area contributed by atoms with E-state index in [4.69, 9.17) is 5.73 Å². The van der Waals surface area contributed by atoms with E-state index in [1.54, 1.807) is 11.3 Å². The van der Waals surface area contributed by atoms with Crippen molar-refractivity contribution >= 4 is 32.3 Å². The summed E-state index contributed by atoms with van der Waals surface area (Å²) < 4.78 is 1.09. The van der Waals surface area contributed by atoms with Gasteiger partial charge in [-0.3, -0.25) is 0 Å². The fraction of sp³-hybridized carbons (Fsp3) is 0.167. The second kappa shape index (κ2) is 4.37. The summed E-state index contributed by atoms with van der Waals surface area (Å²) in [6.45, 7) is 2.15. The lowest BCUT2D eigenvalue weighted by Gasteiger charge is -1.99. The van der Waals surface area contributed by atoms with E-state index in [9.17, 15) is 0 Å². The third-order valence-corrected chi connectivity index (χ3v) is 3.95. The number of aryl methyl sites for hydroxylation is 1. The van der Waals surface area contributed by atoms with Crippen molar-refractivity contribution in [3.63, 3.8) is 0 Å². The van der Waals surface area contributed by atoms with Crippen LogP contribution in [0.5, 0.6) is 0 Å². The molecule has 2 N–H and O–H groups in total. The summed E-state index contributed by atoms with van der Waals surface area (Å²) in [6, 6.07) is 10.4. The van der Waals surface area contributed by atoms with Crippen molar-refractivity contribution in [2.24, 2.45) is 0 Å². The van der Waals surface area contributed by atoms with Crippen LogP contribution in [0.2, 0.25) is 0 Å². The van der Waals surface area contributed by atoms with Crippen LogP contribution in [0, 0.1) is 0 Å². The second-order valence-electron chi connectivity index (χ2n) is 3.35. The molecule has 15 heavy (non-hydrogen) atoms. The molecule has 2 rings (SSSR count). The number of nitrogens with two attached hydrogens (primary N) is 1. The second-order valence-corrected chi connectivity index (χ2v) is 5.44. The van der Waals surface area contributed by atoms with E-state index in [2.05, 4.69) is 41.1 Å².